The molecule has 1 unspecified atom stereocenters. The molecule has 3 rings (SSSR count). The van der Waals surface area contributed by atoms with Gasteiger partial charge in [-0.05, 0) is 37.5 Å². The van der Waals surface area contributed by atoms with Crippen LogP contribution in [0.2, 0.25) is 0 Å². The minimum atomic E-state index is -0.816. The lowest BCUT2D eigenvalue weighted by Crippen LogP contribution is -2.12. The highest BCUT2D eigenvalue weighted by atomic mass is 79.9. The van der Waals surface area contributed by atoms with Crippen LogP contribution in [0, 0.1) is 0 Å². The largest absolute Gasteiger partial charge is 0.481 e. The number of fused-ring (bicyclic) bond motifs is 1. The Morgan fingerprint density at radius 2 is 2.33 bits per heavy atom. The topological polar surface area (TPSA) is 55.1 Å². The SMILES string of the molecule is O=C(O)CSc1nc2ccc(Br)cc2n1C1CC=CCC1. The zero-order chi connectivity index (χ0) is 14.8. The lowest BCUT2D eigenvalue weighted by atomic mass is 10.0. The molecule has 0 amide bonds. The van der Waals surface area contributed by atoms with Gasteiger partial charge in [-0.3, -0.25) is 4.79 Å². The molecule has 1 N–H and O–H groups in total. The fourth-order valence-electron chi connectivity index (χ4n) is 2.64. The van der Waals surface area contributed by atoms with Crippen molar-refractivity contribution in [2.24, 2.45) is 0 Å². The molecule has 1 aliphatic rings. The van der Waals surface area contributed by atoms with E-state index < -0.39 is 5.97 Å². The van der Waals surface area contributed by atoms with Gasteiger partial charge in [0.25, 0.3) is 0 Å². The molecule has 1 atom stereocenters. The van der Waals surface area contributed by atoms with Crippen LogP contribution in [-0.2, 0) is 4.79 Å². The molecule has 0 bridgehead atoms. The second-order valence-electron chi connectivity index (χ2n) is 5.02. The van der Waals surface area contributed by atoms with Crippen LogP contribution in [0.1, 0.15) is 25.3 Å². The number of hydrogen-bond donors (Lipinski definition) is 1. The van der Waals surface area contributed by atoms with Crippen molar-refractivity contribution in [1.29, 1.82) is 0 Å². The zero-order valence-corrected chi connectivity index (χ0v) is 13.7. The molecule has 6 heteroatoms. The van der Waals surface area contributed by atoms with E-state index in [1.165, 1.54) is 11.8 Å². The van der Waals surface area contributed by atoms with Crippen LogP contribution in [0.25, 0.3) is 11.0 Å². The van der Waals surface area contributed by atoms with Crippen molar-refractivity contribution in [2.75, 3.05) is 5.75 Å². The van der Waals surface area contributed by atoms with Crippen LogP contribution >= 0.6 is 27.7 Å². The van der Waals surface area contributed by atoms with E-state index in [0.717, 1.165) is 39.9 Å². The van der Waals surface area contributed by atoms with Crippen LogP contribution in [0.5, 0.6) is 0 Å². The first-order valence-corrected chi connectivity index (χ1v) is 8.60. The average molecular weight is 367 g/mol. The second kappa shape index (κ2) is 6.23. The Hall–Kier alpha value is -1.27. The monoisotopic (exact) mass is 366 g/mol. The van der Waals surface area contributed by atoms with Crippen molar-refractivity contribution in [2.45, 2.75) is 30.5 Å². The third-order valence-corrected chi connectivity index (χ3v) is 4.98. The van der Waals surface area contributed by atoms with Crippen LogP contribution in [0.4, 0.5) is 0 Å². The number of carboxylic acids is 1. The van der Waals surface area contributed by atoms with Gasteiger partial charge < -0.3 is 9.67 Å². The van der Waals surface area contributed by atoms with Crippen LogP contribution in [-0.4, -0.2) is 26.4 Å². The Morgan fingerprint density at radius 1 is 1.48 bits per heavy atom. The van der Waals surface area contributed by atoms with Crippen molar-refractivity contribution < 1.29 is 9.90 Å². The fraction of sp³-hybridized carbons (Fsp3) is 0.333. The Labute approximate surface area is 135 Å². The van der Waals surface area contributed by atoms with Crippen molar-refractivity contribution in [3.8, 4) is 0 Å². The first-order valence-electron chi connectivity index (χ1n) is 6.82. The van der Waals surface area contributed by atoms with E-state index in [0.29, 0.717) is 6.04 Å². The lowest BCUT2D eigenvalue weighted by Gasteiger charge is -2.22. The first-order chi connectivity index (χ1) is 10.1. The maximum absolute atomic E-state index is 10.9. The van der Waals surface area contributed by atoms with E-state index in [4.69, 9.17) is 5.11 Å². The number of benzene rings is 1. The Kier molecular flexibility index (Phi) is 4.35. The summed E-state index contributed by atoms with van der Waals surface area (Å²) in [5, 5.41) is 9.72. The van der Waals surface area contributed by atoms with Crippen LogP contribution in [0.15, 0.2) is 40.0 Å². The summed E-state index contributed by atoms with van der Waals surface area (Å²) in [5.41, 5.74) is 1.98. The summed E-state index contributed by atoms with van der Waals surface area (Å²) >= 11 is 4.80. The predicted octanol–water partition coefficient (Wildman–Crippen LogP) is 4.26. The predicted molar refractivity (Wildman–Crippen MR) is 87.8 cm³/mol. The molecular weight excluding hydrogens is 352 g/mol. The molecule has 0 saturated carbocycles. The standard InChI is InChI=1S/C15H15BrN2O2S/c16-10-6-7-12-13(8-10)18(11-4-2-1-3-5-11)15(17-12)21-9-14(19)20/h1-2,6-8,11H,3-5,9H2,(H,19,20). The molecule has 1 aromatic heterocycles. The fourth-order valence-corrected chi connectivity index (χ4v) is 3.79. The van der Waals surface area contributed by atoms with E-state index in [9.17, 15) is 4.79 Å². The number of aliphatic carboxylic acids is 1. The molecule has 1 aromatic carbocycles. The van der Waals surface area contributed by atoms with Gasteiger partial charge in [-0.2, -0.15) is 0 Å². The molecule has 0 aliphatic heterocycles. The van der Waals surface area contributed by atoms with Gasteiger partial charge in [0.2, 0.25) is 0 Å². The summed E-state index contributed by atoms with van der Waals surface area (Å²) in [6, 6.07) is 6.35. The molecule has 0 fully saturated rings. The van der Waals surface area contributed by atoms with Crippen molar-refractivity contribution in [1.82, 2.24) is 9.55 Å². The normalized spacial score (nSPS) is 18.2. The number of carboxylic acid groups (broad SMARTS) is 1. The van der Waals surface area contributed by atoms with E-state index in [-0.39, 0.29) is 5.75 Å². The third-order valence-electron chi connectivity index (χ3n) is 3.55. The summed E-state index contributed by atoms with van der Waals surface area (Å²) < 4.78 is 3.22. The smallest absolute Gasteiger partial charge is 0.313 e. The quantitative estimate of drug-likeness (QED) is 0.648. The van der Waals surface area contributed by atoms with Crippen molar-refractivity contribution in [3.63, 3.8) is 0 Å². The molecule has 1 aliphatic carbocycles. The molecule has 0 saturated heterocycles. The number of nitrogens with zero attached hydrogens (tertiary/aromatic N) is 2. The van der Waals surface area contributed by atoms with Crippen LogP contribution in [0.3, 0.4) is 0 Å². The number of rotatable bonds is 4. The molecule has 4 nitrogen and oxygen atoms in total. The summed E-state index contributed by atoms with van der Waals surface area (Å²) in [5.74, 6) is -0.782. The number of carbonyl (C=O) groups is 1. The minimum absolute atomic E-state index is 0.0348. The molecule has 21 heavy (non-hydrogen) atoms. The minimum Gasteiger partial charge on any atom is -0.481 e. The molecule has 2 aromatic rings. The van der Waals surface area contributed by atoms with E-state index in [2.05, 4.69) is 43.7 Å². The van der Waals surface area contributed by atoms with Crippen molar-refractivity contribution in [3.05, 3.63) is 34.8 Å². The molecule has 0 radical (unpaired) electrons. The summed E-state index contributed by atoms with van der Waals surface area (Å²) in [4.78, 5) is 15.5. The second-order valence-corrected chi connectivity index (χ2v) is 6.88. The van der Waals surface area contributed by atoms with E-state index >= 15 is 0 Å². The number of thioether (sulfide) groups is 1. The number of hydrogen-bond acceptors (Lipinski definition) is 3. The average Bonchev–Trinajstić information content (AvgIpc) is 2.83. The van der Waals surface area contributed by atoms with Gasteiger partial charge in [0, 0.05) is 10.5 Å². The number of imidazole rings is 1. The first kappa shape index (κ1) is 14.7. The zero-order valence-electron chi connectivity index (χ0n) is 11.3. The molecule has 1 heterocycles. The van der Waals surface area contributed by atoms with Gasteiger partial charge >= 0.3 is 5.97 Å². The highest BCUT2D eigenvalue weighted by Crippen LogP contribution is 2.34. The Morgan fingerprint density at radius 3 is 3.05 bits per heavy atom. The maximum Gasteiger partial charge on any atom is 0.313 e. The Bertz CT molecular complexity index is 711. The molecular formula is C15H15BrN2O2S. The number of halogens is 1. The summed E-state index contributed by atoms with van der Waals surface area (Å²) in [6.07, 6.45) is 7.49. The van der Waals surface area contributed by atoms with Gasteiger partial charge in [-0.25, -0.2) is 4.98 Å². The van der Waals surface area contributed by atoms with Gasteiger partial charge in [-0.15, -0.1) is 0 Å². The van der Waals surface area contributed by atoms with E-state index in [1.807, 2.05) is 12.1 Å². The van der Waals surface area contributed by atoms with Gasteiger partial charge in [0.15, 0.2) is 5.16 Å². The van der Waals surface area contributed by atoms with Gasteiger partial charge in [0.05, 0.1) is 16.8 Å². The summed E-state index contributed by atoms with van der Waals surface area (Å²) in [6.45, 7) is 0. The van der Waals surface area contributed by atoms with Gasteiger partial charge in [-0.1, -0.05) is 39.8 Å². The van der Waals surface area contributed by atoms with Crippen molar-refractivity contribution >= 4 is 44.7 Å². The maximum atomic E-state index is 10.9. The summed E-state index contributed by atoms with van der Waals surface area (Å²) in [7, 11) is 0. The highest BCUT2D eigenvalue weighted by molar-refractivity contribution is 9.10. The third kappa shape index (κ3) is 3.16. The van der Waals surface area contributed by atoms with Crippen LogP contribution < -0.4 is 0 Å². The Balaban J connectivity index is 2.06. The lowest BCUT2D eigenvalue weighted by molar-refractivity contribution is -0.133. The van der Waals surface area contributed by atoms with E-state index in [1.54, 1.807) is 0 Å². The number of aromatic nitrogens is 2. The molecule has 0 spiro atoms. The van der Waals surface area contributed by atoms with Gasteiger partial charge in [0.1, 0.15) is 0 Å². The highest BCUT2D eigenvalue weighted by Gasteiger charge is 2.20. The molecule has 110 valence electrons. The number of allylic oxidation sites excluding steroid dienone is 2.